The number of aliphatic hydroxyl groups excluding tert-OH is 16. The predicted octanol–water partition coefficient (Wildman–Crippen LogP) is -5.22. The van der Waals surface area contributed by atoms with Crippen molar-refractivity contribution in [1.82, 2.24) is 0 Å². The Kier molecular flexibility index (Phi) is 17.1. The van der Waals surface area contributed by atoms with Crippen LogP contribution < -0.4 is 0 Å². The van der Waals surface area contributed by atoms with Crippen LogP contribution in [0.5, 0.6) is 0 Å². The highest BCUT2D eigenvalue weighted by atomic mass is 16.8. The molecule has 0 radical (unpaired) electrons. The molecule has 9 rings (SSSR count). The zero-order valence-electron chi connectivity index (χ0n) is 43.0. The van der Waals surface area contributed by atoms with E-state index in [0.29, 0.717) is 50.5 Å². The van der Waals surface area contributed by atoms with Gasteiger partial charge in [0.2, 0.25) is 12.0 Å². The molecule has 8 fully saturated rings. The van der Waals surface area contributed by atoms with Crippen LogP contribution in [-0.2, 0) is 52.2 Å². The minimum absolute atomic E-state index is 0.0312. The Morgan fingerprint density at radius 2 is 1.14 bits per heavy atom. The van der Waals surface area contributed by atoms with Gasteiger partial charge in [-0.05, 0) is 93.5 Å². The summed E-state index contributed by atoms with van der Waals surface area (Å²) in [5, 5.41) is 171. The smallest absolute Gasteiger partial charge is 0.322 e. The average molecular weight is 1110 g/mol. The first-order chi connectivity index (χ1) is 36.3. The number of hydrogen-bond acceptors (Lipinski definition) is 27. The summed E-state index contributed by atoms with van der Waals surface area (Å²) in [6.45, 7) is 6.38. The Morgan fingerprint density at radius 1 is 0.597 bits per heavy atom. The number of carbonyl (C=O) groups excluding carboxylic acids is 1. The van der Waals surface area contributed by atoms with Crippen molar-refractivity contribution in [3.8, 4) is 0 Å². The Hall–Kier alpha value is -2.53. The van der Waals surface area contributed by atoms with E-state index in [1.54, 1.807) is 0 Å². The van der Waals surface area contributed by atoms with Crippen LogP contribution in [-0.4, -0.2) is 261 Å². The first-order valence-electron chi connectivity index (χ1n) is 26.5. The van der Waals surface area contributed by atoms with Gasteiger partial charge in [-0.25, -0.2) is 0 Å². The largest absolute Gasteiger partial charge is 0.504 e. The lowest BCUT2D eigenvalue weighted by Gasteiger charge is -2.64. The molecule has 27 nitrogen and oxygen atoms in total. The van der Waals surface area contributed by atoms with E-state index in [9.17, 15) is 86.5 Å². The van der Waals surface area contributed by atoms with Crippen LogP contribution in [0, 0.1) is 28.1 Å². The van der Waals surface area contributed by atoms with E-state index in [1.165, 1.54) is 6.92 Å². The highest BCUT2D eigenvalue weighted by Crippen LogP contribution is 2.74. The quantitative estimate of drug-likeness (QED) is 0.0439. The van der Waals surface area contributed by atoms with Crippen LogP contribution >= 0.6 is 0 Å². The van der Waals surface area contributed by atoms with E-state index in [2.05, 4.69) is 13.5 Å². The van der Waals surface area contributed by atoms with Gasteiger partial charge in [-0.2, -0.15) is 0 Å². The molecule has 0 amide bonds. The molecule has 1 spiro atoms. The van der Waals surface area contributed by atoms with E-state index >= 15 is 0 Å². The molecule has 0 aromatic carbocycles. The Labute approximate surface area is 442 Å². The maximum Gasteiger partial charge on any atom is 0.322 e. The second-order valence-electron chi connectivity index (χ2n) is 23.3. The van der Waals surface area contributed by atoms with Crippen molar-refractivity contribution in [1.29, 1.82) is 0 Å². The molecule has 0 aromatic heterocycles. The molecule has 4 aliphatic carbocycles. The summed E-state index contributed by atoms with van der Waals surface area (Å²) in [7, 11) is 0. The Morgan fingerprint density at radius 3 is 1.74 bits per heavy atom. The highest BCUT2D eigenvalue weighted by Gasteiger charge is 2.70. The summed E-state index contributed by atoms with van der Waals surface area (Å²) in [6, 6.07) is 0. The van der Waals surface area contributed by atoms with Gasteiger partial charge in [0.05, 0.1) is 43.5 Å². The van der Waals surface area contributed by atoms with Crippen LogP contribution in [0.15, 0.2) is 23.9 Å². The summed E-state index contributed by atoms with van der Waals surface area (Å²) in [5.41, 5.74) is -2.65. The van der Waals surface area contributed by atoms with Crippen molar-refractivity contribution in [2.75, 3.05) is 26.4 Å². The van der Waals surface area contributed by atoms with Crippen molar-refractivity contribution in [2.45, 2.75) is 225 Å². The minimum Gasteiger partial charge on any atom is -0.504 e. The number of aliphatic hydroxyl groups is 16. The van der Waals surface area contributed by atoms with E-state index in [0.717, 1.165) is 6.42 Å². The second kappa shape index (κ2) is 22.3. The zero-order valence-corrected chi connectivity index (χ0v) is 43.0. The van der Waals surface area contributed by atoms with E-state index < -0.39 is 207 Å². The highest BCUT2D eigenvalue weighted by molar-refractivity contribution is 5.77. The van der Waals surface area contributed by atoms with Gasteiger partial charge in [-0.1, -0.05) is 19.9 Å². The fraction of sp³-hybridized carbons (Fsp3) is 0.900. The second-order valence-corrected chi connectivity index (χ2v) is 23.3. The van der Waals surface area contributed by atoms with Gasteiger partial charge in [-0.15, -0.1) is 0 Å². The standard InChI is InChI=1S/C50H78O27/c1-18-12-49-10-6-24-47(3,8-5-9-48(24,4)46(67)76-41-34(63)30(59)26(55)19(2)68-41)25(49)7-11-50(18,17-49)77-45-40(75-44-37(66)33(62)29(58)22(15-53)71-44)39(74-43-36(65)32(61)28(57)21(14-52)70-43)38(23(16-54)72-45)73-42-35(64)31(60)27(56)20(13-51)69-42/h19-35,37-42,44-45,51-66H,1,5-17H2,2-4H3/t19?,20?,21?,22?,23?,24-,25-,26?,27?,28?,29?,30?,31?,32?,33?,34?,35?,37?,38?,39?,40?,41?,42?,44?,45?,47+,48?,49+,50-/m0/s1. The number of esters is 1. The number of rotatable bonds is 14. The third kappa shape index (κ3) is 10.0. The van der Waals surface area contributed by atoms with Gasteiger partial charge in [-0.3, -0.25) is 4.79 Å². The molecule has 29 atom stereocenters. The van der Waals surface area contributed by atoms with Crippen molar-refractivity contribution in [3.63, 3.8) is 0 Å². The molecule has 0 aromatic rings. The first kappa shape index (κ1) is 59.1. The van der Waals surface area contributed by atoms with Gasteiger partial charge >= 0.3 is 11.9 Å². The molecule has 5 heterocycles. The Bertz CT molecular complexity index is 2130. The lowest BCUT2D eigenvalue weighted by atomic mass is 9.41. The lowest BCUT2D eigenvalue weighted by molar-refractivity contribution is -0.399. The molecule has 27 heteroatoms. The molecule has 9 aliphatic rings. The Balaban J connectivity index is 1.06. The number of carbonyl (C=O) groups is 1. The fourth-order valence-electron chi connectivity index (χ4n) is 14.7. The zero-order chi connectivity index (χ0) is 56.0. The topological polar surface area (TPSA) is 433 Å². The molecule has 24 unspecified atom stereocenters. The van der Waals surface area contributed by atoms with E-state index in [-0.39, 0.29) is 18.3 Å². The monoisotopic (exact) mass is 1110 g/mol. The van der Waals surface area contributed by atoms with Crippen LogP contribution in [0.2, 0.25) is 0 Å². The third-order valence-corrected chi connectivity index (χ3v) is 18.9. The van der Waals surface area contributed by atoms with Crippen LogP contribution in [0.25, 0.3) is 0 Å². The fourth-order valence-corrected chi connectivity index (χ4v) is 14.7. The van der Waals surface area contributed by atoms with Gasteiger partial charge < -0.3 is 129 Å². The van der Waals surface area contributed by atoms with Crippen LogP contribution in [0.3, 0.4) is 0 Å². The maximum atomic E-state index is 14.4. The van der Waals surface area contributed by atoms with E-state index in [1.807, 2.05) is 6.92 Å². The lowest BCUT2D eigenvalue weighted by Crippen LogP contribution is -2.68. The normalized spacial score (nSPS) is 53.0. The van der Waals surface area contributed by atoms with Gasteiger partial charge in [0, 0.05) is 0 Å². The third-order valence-electron chi connectivity index (χ3n) is 18.9. The number of fused-ring (bicyclic) bond motifs is 3. The molecule has 4 saturated heterocycles. The summed E-state index contributed by atoms with van der Waals surface area (Å²) in [6.07, 6.45) is -36.3. The molecule has 440 valence electrons. The SMILES string of the molecule is C=C1C[C@@]23CC[C@@H]4C(C)(C(=O)OC5OC(C)C(O)C(O)C5O)CCC[C@@]4(C)[C@@H]2CC[C@]1(OC1OC(CO)C(OC2OC(CO)C(O)C(O)C2O)C(OC2=C(O)C(O)C(O)C(CO)O2)C1OC1OC(CO)C(O)C(O)C1O)C3. The molecule has 77 heavy (non-hydrogen) atoms. The minimum atomic E-state index is -2.13. The van der Waals surface area contributed by atoms with Crippen molar-refractivity contribution in [3.05, 3.63) is 23.9 Å². The van der Waals surface area contributed by atoms with Crippen LogP contribution in [0.1, 0.15) is 78.6 Å². The summed E-state index contributed by atoms with van der Waals surface area (Å²) >= 11 is 0. The molecule has 2 bridgehead atoms. The first-order valence-corrected chi connectivity index (χ1v) is 26.5. The molecule has 16 N–H and O–H groups in total. The summed E-state index contributed by atoms with van der Waals surface area (Å²) < 4.78 is 61.2. The van der Waals surface area contributed by atoms with Crippen LogP contribution in [0.4, 0.5) is 0 Å². The van der Waals surface area contributed by atoms with Crippen molar-refractivity contribution >= 4 is 5.97 Å². The number of ether oxygens (including phenoxy) is 10. The van der Waals surface area contributed by atoms with E-state index in [4.69, 9.17) is 47.4 Å². The number of hydrogen-bond donors (Lipinski definition) is 16. The van der Waals surface area contributed by atoms with Crippen molar-refractivity contribution in [2.24, 2.45) is 28.1 Å². The molecular weight excluding hydrogens is 1030 g/mol. The average Bonchev–Trinajstić information content (AvgIpc) is 3.66. The summed E-state index contributed by atoms with van der Waals surface area (Å²) in [4.78, 5) is 14.4. The van der Waals surface area contributed by atoms with Gasteiger partial charge in [0.15, 0.2) is 37.2 Å². The van der Waals surface area contributed by atoms with Crippen molar-refractivity contribution < 1.29 is 134 Å². The predicted molar refractivity (Wildman–Crippen MR) is 250 cm³/mol. The molecular formula is C50H78O27. The van der Waals surface area contributed by atoms with Gasteiger partial charge in [0.1, 0.15) is 91.6 Å². The molecule has 5 aliphatic heterocycles. The van der Waals surface area contributed by atoms with Gasteiger partial charge in [0.25, 0.3) is 0 Å². The summed E-state index contributed by atoms with van der Waals surface area (Å²) in [5.74, 6) is -2.91. The molecule has 4 saturated carbocycles. The maximum absolute atomic E-state index is 14.4.